The molecule has 17 heavy (non-hydrogen) atoms. The molecule has 1 aromatic heterocycles. The molecule has 0 saturated carbocycles. The molecule has 2 heterocycles. The van der Waals surface area contributed by atoms with Crippen molar-refractivity contribution in [3.63, 3.8) is 0 Å². The first-order valence-corrected chi connectivity index (χ1v) is 5.44. The van der Waals surface area contributed by atoms with Gasteiger partial charge in [0.15, 0.2) is 5.69 Å². The number of carbonyl (C=O) groups excluding carboxylic acids is 1. The highest BCUT2D eigenvalue weighted by Crippen LogP contribution is 2.15. The largest absolute Gasteiger partial charge is 0.473 e. The number of esters is 1. The lowest BCUT2D eigenvalue weighted by molar-refractivity contribution is 0.0232. The van der Waals surface area contributed by atoms with Crippen LogP contribution in [0.15, 0.2) is 12.4 Å². The van der Waals surface area contributed by atoms with E-state index in [1.807, 2.05) is 0 Å². The van der Waals surface area contributed by atoms with E-state index in [0.29, 0.717) is 19.1 Å². The molecule has 1 aromatic rings. The van der Waals surface area contributed by atoms with Gasteiger partial charge in [0, 0.05) is 12.8 Å². The highest BCUT2D eigenvalue weighted by Gasteiger charge is 2.17. The average Bonchev–Trinajstić information content (AvgIpc) is 2.39. The quantitative estimate of drug-likeness (QED) is 0.726. The Labute approximate surface area is 98.9 Å². The predicted octanol–water partition coefficient (Wildman–Crippen LogP) is 0.821. The molecular formula is C11H14N2O4. The molecule has 0 atom stereocenters. The molecule has 1 aliphatic heterocycles. The monoisotopic (exact) mass is 238 g/mol. The SMILES string of the molecule is COC(=O)c1cncc(OC2CCOCC2)n1. The topological polar surface area (TPSA) is 70.5 Å². The number of carbonyl (C=O) groups is 1. The fourth-order valence-corrected chi connectivity index (χ4v) is 1.57. The number of hydrogen-bond donors (Lipinski definition) is 0. The van der Waals surface area contributed by atoms with Gasteiger partial charge in [0.1, 0.15) is 6.10 Å². The van der Waals surface area contributed by atoms with Crippen LogP contribution in [-0.2, 0) is 9.47 Å². The fraction of sp³-hybridized carbons (Fsp3) is 0.545. The molecule has 0 amide bonds. The summed E-state index contributed by atoms with van der Waals surface area (Å²) in [5.74, 6) is -0.172. The molecule has 0 bridgehead atoms. The van der Waals surface area contributed by atoms with Crippen molar-refractivity contribution in [2.75, 3.05) is 20.3 Å². The molecule has 2 rings (SSSR count). The zero-order valence-electron chi connectivity index (χ0n) is 9.59. The Bertz CT molecular complexity index is 391. The Morgan fingerprint density at radius 1 is 1.41 bits per heavy atom. The lowest BCUT2D eigenvalue weighted by Gasteiger charge is -2.22. The summed E-state index contributed by atoms with van der Waals surface area (Å²) in [4.78, 5) is 19.2. The van der Waals surface area contributed by atoms with Crippen molar-refractivity contribution >= 4 is 5.97 Å². The van der Waals surface area contributed by atoms with Crippen LogP contribution in [-0.4, -0.2) is 42.4 Å². The molecular weight excluding hydrogens is 224 g/mol. The van der Waals surface area contributed by atoms with Crippen LogP contribution < -0.4 is 4.74 Å². The number of methoxy groups -OCH3 is 1. The maximum Gasteiger partial charge on any atom is 0.358 e. The lowest BCUT2D eigenvalue weighted by atomic mass is 10.2. The van der Waals surface area contributed by atoms with Crippen LogP contribution in [0.25, 0.3) is 0 Å². The fourth-order valence-electron chi connectivity index (χ4n) is 1.57. The second-order valence-corrected chi connectivity index (χ2v) is 3.66. The van der Waals surface area contributed by atoms with Gasteiger partial charge in [-0.3, -0.25) is 4.98 Å². The normalized spacial score (nSPS) is 16.5. The standard InChI is InChI=1S/C11H14N2O4/c1-15-11(14)9-6-12-7-10(13-9)17-8-2-4-16-5-3-8/h6-8H,2-5H2,1H3. The second kappa shape index (κ2) is 5.58. The van der Waals surface area contributed by atoms with Crippen molar-refractivity contribution in [1.29, 1.82) is 0 Å². The van der Waals surface area contributed by atoms with Crippen LogP contribution in [0.2, 0.25) is 0 Å². The zero-order chi connectivity index (χ0) is 12.1. The Balaban J connectivity index is 2.02. The molecule has 0 radical (unpaired) electrons. The Morgan fingerprint density at radius 2 is 2.18 bits per heavy atom. The molecule has 0 aromatic carbocycles. The maximum atomic E-state index is 11.3. The van der Waals surface area contributed by atoms with E-state index >= 15 is 0 Å². The third kappa shape index (κ3) is 3.13. The Kier molecular flexibility index (Phi) is 3.87. The number of nitrogens with zero attached hydrogens (tertiary/aromatic N) is 2. The molecule has 0 unspecified atom stereocenters. The van der Waals surface area contributed by atoms with Gasteiger partial charge in [-0.15, -0.1) is 0 Å². The van der Waals surface area contributed by atoms with E-state index in [2.05, 4.69) is 14.7 Å². The van der Waals surface area contributed by atoms with Crippen LogP contribution in [0.3, 0.4) is 0 Å². The van der Waals surface area contributed by atoms with Crippen LogP contribution in [0.1, 0.15) is 23.3 Å². The number of ether oxygens (including phenoxy) is 3. The van der Waals surface area contributed by atoms with E-state index in [1.54, 1.807) is 0 Å². The van der Waals surface area contributed by atoms with Gasteiger partial charge in [-0.1, -0.05) is 0 Å². The van der Waals surface area contributed by atoms with Gasteiger partial charge >= 0.3 is 5.97 Å². The molecule has 92 valence electrons. The van der Waals surface area contributed by atoms with E-state index in [-0.39, 0.29) is 11.8 Å². The first kappa shape index (κ1) is 11.8. The summed E-state index contributed by atoms with van der Waals surface area (Å²) >= 11 is 0. The highest BCUT2D eigenvalue weighted by molar-refractivity contribution is 5.86. The lowest BCUT2D eigenvalue weighted by Crippen LogP contribution is -2.26. The predicted molar refractivity (Wildman–Crippen MR) is 57.8 cm³/mol. The van der Waals surface area contributed by atoms with Crippen molar-refractivity contribution in [2.45, 2.75) is 18.9 Å². The van der Waals surface area contributed by atoms with E-state index < -0.39 is 5.97 Å². The summed E-state index contributed by atoms with van der Waals surface area (Å²) in [6.07, 6.45) is 4.56. The molecule has 6 heteroatoms. The minimum absolute atomic E-state index is 0.0750. The van der Waals surface area contributed by atoms with Crippen LogP contribution >= 0.6 is 0 Å². The summed E-state index contributed by atoms with van der Waals surface area (Å²) < 4.78 is 15.4. The second-order valence-electron chi connectivity index (χ2n) is 3.66. The summed E-state index contributed by atoms with van der Waals surface area (Å²) in [7, 11) is 1.30. The Morgan fingerprint density at radius 3 is 2.88 bits per heavy atom. The molecule has 0 N–H and O–H groups in total. The summed E-state index contributed by atoms with van der Waals surface area (Å²) in [5.41, 5.74) is 0.150. The van der Waals surface area contributed by atoms with Crippen LogP contribution in [0.5, 0.6) is 5.88 Å². The van der Waals surface area contributed by atoms with Gasteiger partial charge in [-0.05, 0) is 0 Å². The molecule has 0 aliphatic carbocycles. The number of hydrogen-bond acceptors (Lipinski definition) is 6. The number of aromatic nitrogens is 2. The van der Waals surface area contributed by atoms with Crippen LogP contribution in [0, 0.1) is 0 Å². The van der Waals surface area contributed by atoms with E-state index in [4.69, 9.17) is 9.47 Å². The first-order chi connectivity index (χ1) is 8.29. The van der Waals surface area contributed by atoms with Crippen molar-refractivity contribution < 1.29 is 19.0 Å². The summed E-state index contributed by atoms with van der Waals surface area (Å²) in [5, 5.41) is 0. The van der Waals surface area contributed by atoms with Gasteiger partial charge in [0.25, 0.3) is 0 Å². The maximum absolute atomic E-state index is 11.3. The average molecular weight is 238 g/mol. The first-order valence-electron chi connectivity index (χ1n) is 5.44. The molecule has 0 spiro atoms. The molecule has 6 nitrogen and oxygen atoms in total. The van der Waals surface area contributed by atoms with E-state index in [0.717, 1.165) is 12.8 Å². The minimum atomic E-state index is -0.519. The third-order valence-corrected chi connectivity index (χ3v) is 2.46. The van der Waals surface area contributed by atoms with Crippen molar-refractivity contribution in [1.82, 2.24) is 9.97 Å². The third-order valence-electron chi connectivity index (χ3n) is 2.46. The van der Waals surface area contributed by atoms with Gasteiger partial charge < -0.3 is 14.2 Å². The summed E-state index contributed by atoms with van der Waals surface area (Å²) in [6.45, 7) is 1.38. The summed E-state index contributed by atoms with van der Waals surface area (Å²) in [6, 6.07) is 0. The van der Waals surface area contributed by atoms with E-state index in [9.17, 15) is 4.79 Å². The van der Waals surface area contributed by atoms with Crippen LogP contribution in [0.4, 0.5) is 0 Å². The zero-order valence-corrected chi connectivity index (χ0v) is 9.59. The van der Waals surface area contributed by atoms with Crippen molar-refractivity contribution in [2.24, 2.45) is 0 Å². The smallest absolute Gasteiger partial charge is 0.358 e. The van der Waals surface area contributed by atoms with Gasteiger partial charge in [-0.25, -0.2) is 9.78 Å². The molecule has 1 saturated heterocycles. The van der Waals surface area contributed by atoms with Crippen molar-refractivity contribution in [3.8, 4) is 5.88 Å². The van der Waals surface area contributed by atoms with Gasteiger partial charge in [0.2, 0.25) is 5.88 Å². The minimum Gasteiger partial charge on any atom is -0.473 e. The van der Waals surface area contributed by atoms with Crippen molar-refractivity contribution in [3.05, 3.63) is 18.1 Å². The Hall–Kier alpha value is -1.69. The highest BCUT2D eigenvalue weighted by atomic mass is 16.5. The van der Waals surface area contributed by atoms with Gasteiger partial charge in [0.05, 0.1) is 32.7 Å². The molecule has 1 aliphatic rings. The number of rotatable bonds is 3. The van der Waals surface area contributed by atoms with Gasteiger partial charge in [-0.2, -0.15) is 0 Å². The molecule has 1 fully saturated rings. The van der Waals surface area contributed by atoms with E-state index in [1.165, 1.54) is 19.5 Å².